The molecular weight excluding hydrogens is 202 g/mol. The van der Waals surface area contributed by atoms with Crippen molar-refractivity contribution >= 4 is 24.2 Å². The van der Waals surface area contributed by atoms with E-state index in [4.69, 9.17) is 11.6 Å². The summed E-state index contributed by atoms with van der Waals surface area (Å²) in [7, 11) is 0. The van der Waals surface area contributed by atoms with Crippen LogP contribution in [0.1, 0.15) is 0 Å². The minimum absolute atomic E-state index is 0.748. The van der Waals surface area contributed by atoms with Gasteiger partial charge in [-0.2, -0.15) is 0 Å². The summed E-state index contributed by atoms with van der Waals surface area (Å²) in [4.78, 5) is 3.90. The van der Waals surface area contributed by atoms with Gasteiger partial charge in [0.25, 0.3) is 0 Å². The van der Waals surface area contributed by atoms with Crippen LogP contribution in [-0.4, -0.2) is 4.98 Å². The molecule has 0 aliphatic rings. The zero-order valence-corrected chi connectivity index (χ0v) is 8.44. The molecular formula is C10H8ClNS. The van der Waals surface area contributed by atoms with Crippen molar-refractivity contribution in [1.29, 1.82) is 0 Å². The molecule has 0 atom stereocenters. The first-order valence-corrected chi connectivity index (χ1v) is 4.72. The molecule has 1 heterocycles. The highest BCUT2D eigenvalue weighted by Crippen LogP contribution is 2.31. The summed E-state index contributed by atoms with van der Waals surface area (Å²) >= 11 is 10.4. The molecule has 2 rings (SSSR count). The fourth-order valence-corrected chi connectivity index (χ4v) is 1.75. The summed E-state index contributed by atoms with van der Waals surface area (Å²) in [5.74, 6) is 0. The van der Waals surface area contributed by atoms with Crippen LogP contribution in [-0.2, 0) is 0 Å². The van der Waals surface area contributed by atoms with E-state index in [1.54, 1.807) is 0 Å². The fourth-order valence-electron chi connectivity index (χ4n) is 1.25. The molecule has 66 valence electrons. The number of halogens is 1. The average molecular weight is 210 g/mol. The SMILES string of the molecule is Sc1c[nH]cc1-c1ccccc1Cl. The maximum absolute atomic E-state index is 6.04. The van der Waals surface area contributed by atoms with Gasteiger partial charge in [-0.3, -0.25) is 0 Å². The molecule has 2 aromatic rings. The highest BCUT2D eigenvalue weighted by atomic mass is 35.5. The molecule has 0 radical (unpaired) electrons. The summed E-state index contributed by atoms with van der Waals surface area (Å²) in [6.07, 6.45) is 3.73. The Morgan fingerprint density at radius 1 is 1.08 bits per heavy atom. The van der Waals surface area contributed by atoms with E-state index in [1.807, 2.05) is 36.7 Å². The molecule has 1 aromatic heterocycles. The van der Waals surface area contributed by atoms with E-state index < -0.39 is 0 Å². The standard InChI is InChI=1S/C10H8ClNS/c11-9-4-2-1-3-7(9)8-5-12-6-10(8)13/h1-6,12-13H. The van der Waals surface area contributed by atoms with Crippen molar-refractivity contribution in [3.8, 4) is 11.1 Å². The van der Waals surface area contributed by atoms with E-state index in [2.05, 4.69) is 17.6 Å². The summed E-state index contributed by atoms with van der Waals surface area (Å²) in [6, 6.07) is 7.72. The van der Waals surface area contributed by atoms with Gasteiger partial charge in [0, 0.05) is 33.4 Å². The lowest BCUT2D eigenvalue weighted by Crippen LogP contribution is -1.76. The Morgan fingerprint density at radius 3 is 2.46 bits per heavy atom. The third kappa shape index (κ3) is 1.60. The van der Waals surface area contributed by atoms with Gasteiger partial charge in [0.1, 0.15) is 0 Å². The van der Waals surface area contributed by atoms with Crippen LogP contribution >= 0.6 is 24.2 Å². The number of hydrogen-bond donors (Lipinski definition) is 2. The van der Waals surface area contributed by atoms with E-state index >= 15 is 0 Å². The van der Waals surface area contributed by atoms with Gasteiger partial charge in [0.2, 0.25) is 0 Å². The van der Waals surface area contributed by atoms with Gasteiger partial charge in [-0.15, -0.1) is 12.6 Å². The molecule has 0 aliphatic carbocycles. The average Bonchev–Trinajstić information content (AvgIpc) is 2.52. The molecule has 0 fully saturated rings. The molecule has 1 N–H and O–H groups in total. The number of nitrogens with one attached hydrogen (secondary N) is 1. The summed E-state index contributed by atoms with van der Waals surface area (Å²) in [5.41, 5.74) is 2.05. The molecule has 0 unspecified atom stereocenters. The third-order valence-corrected chi connectivity index (χ3v) is 2.59. The van der Waals surface area contributed by atoms with E-state index in [0.29, 0.717) is 0 Å². The largest absolute Gasteiger partial charge is 0.366 e. The molecule has 0 spiro atoms. The van der Waals surface area contributed by atoms with Gasteiger partial charge in [0.05, 0.1) is 0 Å². The molecule has 0 saturated heterocycles. The molecule has 1 aromatic carbocycles. The maximum atomic E-state index is 6.04. The van der Waals surface area contributed by atoms with Crippen molar-refractivity contribution in [2.24, 2.45) is 0 Å². The van der Waals surface area contributed by atoms with Crippen molar-refractivity contribution < 1.29 is 0 Å². The summed E-state index contributed by atoms with van der Waals surface area (Å²) in [6.45, 7) is 0. The van der Waals surface area contributed by atoms with Crippen molar-refractivity contribution in [2.75, 3.05) is 0 Å². The Balaban J connectivity index is 2.59. The minimum Gasteiger partial charge on any atom is -0.366 e. The van der Waals surface area contributed by atoms with Gasteiger partial charge in [-0.1, -0.05) is 29.8 Å². The van der Waals surface area contributed by atoms with Crippen molar-refractivity contribution in [1.82, 2.24) is 4.98 Å². The van der Waals surface area contributed by atoms with Gasteiger partial charge < -0.3 is 4.98 Å². The van der Waals surface area contributed by atoms with Crippen LogP contribution in [0.2, 0.25) is 5.02 Å². The van der Waals surface area contributed by atoms with Gasteiger partial charge >= 0.3 is 0 Å². The highest BCUT2D eigenvalue weighted by molar-refractivity contribution is 7.80. The number of benzene rings is 1. The van der Waals surface area contributed by atoms with Crippen LogP contribution in [0.5, 0.6) is 0 Å². The second kappa shape index (κ2) is 3.48. The quantitative estimate of drug-likeness (QED) is 0.668. The van der Waals surface area contributed by atoms with Crippen LogP contribution in [0.25, 0.3) is 11.1 Å². The van der Waals surface area contributed by atoms with Crippen LogP contribution in [0, 0.1) is 0 Å². The highest BCUT2D eigenvalue weighted by Gasteiger charge is 2.05. The molecule has 0 aliphatic heterocycles. The topological polar surface area (TPSA) is 15.8 Å². The molecule has 0 saturated carbocycles. The predicted octanol–water partition coefficient (Wildman–Crippen LogP) is 3.62. The lowest BCUT2D eigenvalue weighted by Gasteiger charge is -2.01. The van der Waals surface area contributed by atoms with Gasteiger partial charge in [0.15, 0.2) is 0 Å². The number of aromatic nitrogens is 1. The molecule has 0 amide bonds. The van der Waals surface area contributed by atoms with Gasteiger partial charge in [-0.05, 0) is 6.07 Å². The number of aromatic amines is 1. The molecule has 13 heavy (non-hydrogen) atoms. The molecule has 0 bridgehead atoms. The van der Waals surface area contributed by atoms with Crippen LogP contribution in [0.4, 0.5) is 0 Å². The smallest absolute Gasteiger partial charge is 0.0485 e. The van der Waals surface area contributed by atoms with Crippen LogP contribution in [0.15, 0.2) is 41.6 Å². The molecule has 3 heteroatoms. The minimum atomic E-state index is 0.748. The summed E-state index contributed by atoms with van der Waals surface area (Å²) < 4.78 is 0. The second-order valence-electron chi connectivity index (χ2n) is 2.73. The fraction of sp³-hybridized carbons (Fsp3) is 0. The van der Waals surface area contributed by atoms with Crippen LogP contribution in [0.3, 0.4) is 0 Å². The van der Waals surface area contributed by atoms with E-state index in [0.717, 1.165) is 21.0 Å². The first kappa shape index (κ1) is 8.73. The van der Waals surface area contributed by atoms with Crippen molar-refractivity contribution in [3.05, 3.63) is 41.7 Å². The first-order valence-electron chi connectivity index (χ1n) is 3.89. The van der Waals surface area contributed by atoms with Gasteiger partial charge in [-0.25, -0.2) is 0 Å². The monoisotopic (exact) mass is 209 g/mol. The lowest BCUT2D eigenvalue weighted by atomic mass is 10.1. The lowest BCUT2D eigenvalue weighted by molar-refractivity contribution is 1.38. The second-order valence-corrected chi connectivity index (χ2v) is 3.62. The number of H-pyrrole nitrogens is 1. The van der Waals surface area contributed by atoms with E-state index in [9.17, 15) is 0 Å². The van der Waals surface area contributed by atoms with Crippen LogP contribution < -0.4 is 0 Å². The van der Waals surface area contributed by atoms with Crippen molar-refractivity contribution in [2.45, 2.75) is 4.90 Å². The van der Waals surface area contributed by atoms with Crippen molar-refractivity contribution in [3.63, 3.8) is 0 Å². The van der Waals surface area contributed by atoms with E-state index in [-0.39, 0.29) is 0 Å². The number of hydrogen-bond acceptors (Lipinski definition) is 1. The predicted molar refractivity (Wildman–Crippen MR) is 58.5 cm³/mol. The van der Waals surface area contributed by atoms with E-state index in [1.165, 1.54) is 0 Å². The zero-order valence-electron chi connectivity index (χ0n) is 6.79. The number of thiol groups is 1. The maximum Gasteiger partial charge on any atom is 0.0485 e. The zero-order chi connectivity index (χ0) is 9.26. The third-order valence-electron chi connectivity index (χ3n) is 1.89. The first-order chi connectivity index (χ1) is 6.29. The number of rotatable bonds is 1. The normalized spacial score (nSPS) is 10.3. The Hall–Kier alpha value is -0.860. The summed E-state index contributed by atoms with van der Waals surface area (Å²) in [5, 5.41) is 0.748. The Labute approximate surface area is 87.2 Å². The Morgan fingerprint density at radius 2 is 1.85 bits per heavy atom. The molecule has 1 nitrogen and oxygen atoms in total. The Kier molecular flexibility index (Phi) is 2.34. The Bertz CT molecular complexity index is 422.